The maximum absolute atomic E-state index is 14.5. The smallest absolute Gasteiger partial charge is 0.258 e. The molecule has 2 heterocycles. The van der Waals surface area contributed by atoms with E-state index in [1.807, 2.05) is 61.5 Å². The van der Waals surface area contributed by atoms with Crippen LogP contribution in [0.25, 0.3) is 11.0 Å². The summed E-state index contributed by atoms with van der Waals surface area (Å²) in [7, 11) is 0. The normalized spacial score (nSPS) is 13.7. The Kier molecular flexibility index (Phi) is 7.12. The fourth-order valence-corrected chi connectivity index (χ4v) is 5.00. The number of carbonyl (C=O) groups excluding carboxylic acids is 1. The van der Waals surface area contributed by atoms with Crippen molar-refractivity contribution in [1.82, 2.24) is 5.32 Å². The Bertz CT molecular complexity index is 1670. The second-order valence-corrected chi connectivity index (χ2v) is 10.2. The maximum atomic E-state index is 14.5. The molecule has 0 aliphatic rings. The lowest BCUT2D eigenvalue weighted by molar-refractivity contribution is -0.905. The van der Waals surface area contributed by atoms with Gasteiger partial charge in [0.05, 0.1) is 12.5 Å². The number of aliphatic hydroxyl groups is 1. The van der Waals surface area contributed by atoms with Crippen LogP contribution in [0.5, 0.6) is 0 Å². The average Bonchev–Trinajstić information content (AvgIpc) is 3.32. The number of aryl methyl sites for hydroxylation is 1. The Labute approximate surface area is 229 Å². The zero-order valence-corrected chi connectivity index (χ0v) is 22.1. The summed E-state index contributed by atoms with van der Waals surface area (Å²) < 4.78 is 20.9. The lowest BCUT2D eigenvalue weighted by Gasteiger charge is -2.22. The number of hydrogen-bond donors (Lipinski definition) is 3. The Morgan fingerprint density at radius 1 is 1.10 bits per heavy atom. The Balaban J connectivity index is 1.39. The van der Waals surface area contributed by atoms with Crippen molar-refractivity contribution in [2.75, 3.05) is 0 Å². The lowest BCUT2D eigenvalue weighted by atomic mass is 9.93. The highest BCUT2D eigenvalue weighted by atomic mass is 35.5. The summed E-state index contributed by atoms with van der Waals surface area (Å²) in [5.74, 6) is -0.820. The van der Waals surface area contributed by atoms with E-state index < -0.39 is 11.4 Å². The molecular formula is C31H27ClFN2O4+. The van der Waals surface area contributed by atoms with Crippen molar-refractivity contribution >= 4 is 28.5 Å². The summed E-state index contributed by atoms with van der Waals surface area (Å²) in [5.41, 5.74) is 2.29. The molecule has 0 radical (unpaired) electrons. The Morgan fingerprint density at radius 2 is 1.87 bits per heavy atom. The molecular weight excluding hydrogens is 519 g/mol. The molecule has 5 aromatic rings. The van der Waals surface area contributed by atoms with E-state index in [1.54, 1.807) is 18.2 Å². The molecule has 2 unspecified atom stereocenters. The third kappa shape index (κ3) is 5.50. The molecule has 1 amide bonds. The summed E-state index contributed by atoms with van der Waals surface area (Å²) in [5, 5.41) is 25.0. The summed E-state index contributed by atoms with van der Waals surface area (Å²) in [6.45, 7) is 3.38. The van der Waals surface area contributed by atoms with Crippen molar-refractivity contribution < 1.29 is 28.6 Å². The van der Waals surface area contributed by atoms with E-state index in [0.29, 0.717) is 20.7 Å². The van der Waals surface area contributed by atoms with Gasteiger partial charge in [0.25, 0.3) is 6.20 Å². The van der Waals surface area contributed by atoms with Crippen molar-refractivity contribution in [2.45, 2.75) is 31.9 Å². The van der Waals surface area contributed by atoms with Crippen LogP contribution in [-0.4, -0.2) is 16.2 Å². The van der Waals surface area contributed by atoms with Crippen LogP contribution in [0, 0.1) is 12.7 Å². The standard InChI is InChI=1S/C31H26ClFN2O4/c1-19-14-23(32)9-10-24(19)30(21-6-4-3-5-7-21)34-29(36)16-20-8-11-27-22(15-20)17-28(39-27)31(2,37)25-12-13-35(38)18-26(25)33/h3-15,17-18,30,37H,16H2,1-2H3,(H-,34,36,38)/p+1. The highest BCUT2D eigenvalue weighted by Gasteiger charge is 2.34. The molecule has 5 rings (SSSR count). The SMILES string of the molecule is Cc1cc(Cl)ccc1C(NC(=O)Cc1ccc2oc(C(C)(O)c3cc[n+](O)cc3F)cc2c1)c1ccccc1. The topological polar surface area (TPSA) is 86.6 Å². The monoisotopic (exact) mass is 545 g/mol. The van der Waals surface area contributed by atoms with E-state index in [1.165, 1.54) is 19.2 Å². The van der Waals surface area contributed by atoms with Gasteiger partial charge in [-0.2, -0.15) is 4.39 Å². The molecule has 2 aromatic heterocycles. The number of benzene rings is 3. The first-order valence-corrected chi connectivity index (χ1v) is 12.8. The van der Waals surface area contributed by atoms with Crippen LogP contribution in [0.4, 0.5) is 4.39 Å². The highest BCUT2D eigenvalue weighted by molar-refractivity contribution is 6.30. The molecule has 0 bridgehead atoms. The van der Waals surface area contributed by atoms with Crippen LogP contribution in [-0.2, 0) is 16.8 Å². The fraction of sp³-hybridized carbons (Fsp3) is 0.161. The minimum atomic E-state index is -1.78. The van der Waals surface area contributed by atoms with E-state index in [-0.39, 0.29) is 29.7 Å². The van der Waals surface area contributed by atoms with Gasteiger partial charge in [-0.05, 0) is 66.4 Å². The van der Waals surface area contributed by atoms with Gasteiger partial charge in [0.2, 0.25) is 12.1 Å². The second kappa shape index (κ2) is 10.5. The number of aromatic nitrogens is 1. The van der Waals surface area contributed by atoms with E-state index in [2.05, 4.69) is 5.32 Å². The van der Waals surface area contributed by atoms with Gasteiger partial charge in [0.1, 0.15) is 16.9 Å². The number of rotatable bonds is 7. The summed E-state index contributed by atoms with van der Waals surface area (Å²) in [6.07, 6.45) is 2.20. The minimum absolute atomic E-state index is 0.0455. The third-order valence-corrected chi connectivity index (χ3v) is 7.06. The van der Waals surface area contributed by atoms with Crippen molar-refractivity contribution in [3.05, 3.63) is 136 Å². The van der Waals surface area contributed by atoms with Crippen LogP contribution >= 0.6 is 11.6 Å². The van der Waals surface area contributed by atoms with Gasteiger partial charge in [-0.1, -0.05) is 54.1 Å². The van der Waals surface area contributed by atoms with Gasteiger partial charge < -0.3 is 14.8 Å². The Hall–Kier alpha value is -4.20. The molecule has 3 N–H and O–H groups in total. The van der Waals surface area contributed by atoms with Crippen LogP contribution in [0.15, 0.2) is 95.7 Å². The molecule has 0 spiro atoms. The van der Waals surface area contributed by atoms with E-state index in [4.69, 9.17) is 16.0 Å². The van der Waals surface area contributed by atoms with Crippen molar-refractivity contribution in [1.29, 1.82) is 0 Å². The predicted molar refractivity (Wildman–Crippen MR) is 145 cm³/mol. The molecule has 0 saturated heterocycles. The largest absolute Gasteiger partial charge is 0.458 e. The maximum Gasteiger partial charge on any atom is 0.258 e. The highest BCUT2D eigenvalue weighted by Crippen LogP contribution is 2.34. The van der Waals surface area contributed by atoms with Gasteiger partial charge >= 0.3 is 0 Å². The third-order valence-electron chi connectivity index (χ3n) is 6.83. The zero-order valence-electron chi connectivity index (χ0n) is 21.4. The van der Waals surface area contributed by atoms with E-state index in [9.17, 15) is 19.5 Å². The molecule has 0 fully saturated rings. The molecule has 2 atom stereocenters. The zero-order chi connectivity index (χ0) is 27.7. The van der Waals surface area contributed by atoms with Crippen LogP contribution in [0.3, 0.4) is 0 Å². The number of nitrogens with zero attached hydrogens (tertiary/aromatic N) is 1. The number of hydrogen-bond acceptors (Lipinski definition) is 4. The summed E-state index contributed by atoms with van der Waals surface area (Å²) in [6, 6.07) is 23.2. The number of carbonyl (C=O) groups is 1. The number of furan rings is 1. The van der Waals surface area contributed by atoms with Crippen LogP contribution in [0.2, 0.25) is 5.02 Å². The van der Waals surface area contributed by atoms with Gasteiger partial charge in [0.15, 0.2) is 5.82 Å². The first kappa shape index (κ1) is 26.4. The van der Waals surface area contributed by atoms with Crippen LogP contribution < -0.4 is 10.0 Å². The van der Waals surface area contributed by atoms with Crippen LogP contribution in [0.1, 0.15) is 46.5 Å². The quantitative estimate of drug-likeness (QED) is 0.179. The summed E-state index contributed by atoms with van der Waals surface area (Å²) in [4.78, 5) is 13.2. The molecule has 8 heteroatoms. The lowest BCUT2D eigenvalue weighted by Crippen LogP contribution is -2.32. The molecule has 198 valence electrons. The van der Waals surface area contributed by atoms with Gasteiger partial charge in [-0.3, -0.25) is 10.0 Å². The van der Waals surface area contributed by atoms with Crippen molar-refractivity contribution in [2.24, 2.45) is 0 Å². The number of fused-ring (bicyclic) bond motifs is 1. The number of pyridine rings is 1. The number of amides is 1. The molecule has 0 aliphatic carbocycles. The van der Waals surface area contributed by atoms with E-state index >= 15 is 0 Å². The summed E-state index contributed by atoms with van der Waals surface area (Å²) >= 11 is 6.17. The van der Waals surface area contributed by atoms with Gasteiger partial charge in [-0.25, -0.2) is 0 Å². The second-order valence-electron chi connectivity index (χ2n) is 9.73. The number of nitrogens with one attached hydrogen (secondary N) is 1. The minimum Gasteiger partial charge on any atom is -0.458 e. The first-order valence-electron chi connectivity index (χ1n) is 12.4. The molecule has 3 aromatic carbocycles. The van der Waals surface area contributed by atoms with Gasteiger partial charge in [0, 0.05) is 26.8 Å². The molecule has 6 nitrogen and oxygen atoms in total. The number of halogens is 2. The van der Waals surface area contributed by atoms with Gasteiger partial charge in [-0.15, -0.1) is 0 Å². The van der Waals surface area contributed by atoms with E-state index in [0.717, 1.165) is 28.5 Å². The van der Waals surface area contributed by atoms with Crippen molar-refractivity contribution in [3.63, 3.8) is 0 Å². The molecule has 0 aliphatic heterocycles. The average molecular weight is 546 g/mol. The first-order chi connectivity index (χ1) is 18.6. The fourth-order valence-electron chi connectivity index (χ4n) is 4.78. The molecule has 39 heavy (non-hydrogen) atoms. The Morgan fingerprint density at radius 3 is 2.59 bits per heavy atom. The predicted octanol–water partition coefficient (Wildman–Crippen LogP) is 5.76. The molecule has 0 saturated carbocycles. The van der Waals surface area contributed by atoms with Crippen molar-refractivity contribution in [3.8, 4) is 0 Å².